The third kappa shape index (κ3) is 6.83. The van der Waals surface area contributed by atoms with E-state index in [4.69, 9.17) is 9.47 Å². The maximum absolute atomic E-state index is 14.5. The van der Waals surface area contributed by atoms with Crippen LogP contribution in [0.3, 0.4) is 0 Å². The van der Waals surface area contributed by atoms with E-state index in [0.29, 0.717) is 40.6 Å². The first kappa shape index (κ1) is 27.0. The Kier molecular flexibility index (Phi) is 8.42. The Morgan fingerprint density at radius 1 is 1.16 bits per heavy atom. The zero-order valence-electron chi connectivity index (χ0n) is 20.4. The minimum Gasteiger partial charge on any atom is -0.612 e. The molecule has 37 heavy (non-hydrogen) atoms. The molecule has 2 N–H and O–H groups in total. The first-order chi connectivity index (χ1) is 17.6. The fraction of sp³-hybridized carbons (Fsp3) is 0.385. The van der Waals surface area contributed by atoms with Crippen molar-refractivity contribution in [2.75, 3.05) is 43.8 Å². The van der Waals surface area contributed by atoms with E-state index in [9.17, 15) is 22.1 Å². The summed E-state index contributed by atoms with van der Waals surface area (Å²) in [6.07, 6.45) is -1.52. The molecule has 1 aromatic heterocycles. The number of alkyl halides is 3. The van der Waals surface area contributed by atoms with Gasteiger partial charge >= 0.3 is 6.18 Å². The molecule has 0 saturated carbocycles. The molecular weight excluding hydrogens is 510 g/mol. The van der Waals surface area contributed by atoms with E-state index in [1.807, 2.05) is 0 Å². The number of methoxy groups -OCH3 is 1. The number of halogens is 4. The molecule has 2 heterocycles. The van der Waals surface area contributed by atoms with E-state index in [0.717, 1.165) is 23.5 Å². The van der Waals surface area contributed by atoms with Crippen LogP contribution in [0.4, 0.5) is 28.9 Å². The van der Waals surface area contributed by atoms with E-state index in [-0.39, 0.29) is 23.8 Å². The lowest BCUT2D eigenvalue weighted by Crippen LogP contribution is -2.27. The predicted molar refractivity (Wildman–Crippen MR) is 136 cm³/mol. The SMILES string of the molecule is COc1cc([S+](C)[O-])ccc1NCC#Cc1cc2c(NC3CCOCC3)cc(F)cc2n1CC(F)(F)F. The fourth-order valence-corrected chi connectivity index (χ4v) is 4.76. The van der Waals surface area contributed by atoms with E-state index < -0.39 is 29.7 Å². The molecule has 0 radical (unpaired) electrons. The molecule has 4 rings (SSSR count). The molecule has 0 aliphatic carbocycles. The number of nitrogens with zero attached hydrogens (tertiary/aromatic N) is 1. The highest BCUT2D eigenvalue weighted by atomic mass is 32.2. The number of hydrogen-bond acceptors (Lipinski definition) is 5. The van der Waals surface area contributed by atoms with Crippen LogP contribution in [-0.2, 0) is 22.5 Å². The van der Waals surface area contributed by atoms with E-state index in [1.165, 1.54) is 13.2 Å². The van der Waals surface area contributed by atoms with Crippen LogP contribution in [-0.4, -0.2) is 54.5 Å². The van der Waals surface area contributed by atoms with Crippen LogP contribution in [0.25, 0.3) is 10.9 Å². The molecule has 0 spiro atoms. The Hall–Kier alpha value is -3.07. The second-order valence-corrected chi connectivity index (χ2v) is 10.00. The molecule has 11 heteroatoms. The number of aromatic nitrogens is 1. The first-order valence-electron chi connectivity index (χ1n) is 11.6. The molecule has 198 valence electrons. The lowest BCUT2D eigenvalue weighted by atomic mass is 10.1. The number of anilines is 2. The lowest BCUT2D eigenvalue weighted by Gasteiger charge is -2.24. The molecule has 2 aromatic carbocycles. The Morgan fingerprint density at radius 2 is 1.92 bits per heavy atom. The van der Waals surface area contributed by atoms with E-state index >= 15 is 0 Å². The quantitative estimate of drug-likeness (QED) is 0.248. The van der Waals surface area contributed by atoms with Gasteiger partial charge in [0.05, 0.1) is 30.6 Å². The lowest BCUT2D eigenvalue weighted by molar-refractivity contribution is -0.140. The van der Waals surface area contributed by atoms with Gasteiger partial charge in [-0.3, -0.25) is 0 Å². The largest absolute Gasteiger partial charge is 0.612 e. The summed E-state index contributed by atoms with van der Waals surface area (Å²) in [5, 5.41) is 6.81. The van der Waals surface area contributed by atoms with Gasteiger partial charge in [0.25, 0.3) is 0 Å². The molecule has 1 unspecified atom stereocenters. The van der Waals surface area contributed by atoms with Crippen LogP contribution in [0.15, 0.2) is 41.3 Å². The second kappa shape index (κ2) is 11.5. The smallest absolute Gasteiger partial charge is 0.406 e. The van der Waals surface area contributed by atoms with Crippen molar-refractivity contribution >= 4 is 33.5 Å². The van der Waals surface area contributed by atoms with Gasteiger partial charge in [0.2, 0.25) is 0 Å². The number of ether oxygens (including phenoxy) is 2. The van der Waals surface area contributed by atoms with Gasteiger partial charge in [0.15, 0.2) is 4.90 Å². The van der Waals surface area contributed by atoms with Crippen molar-refractivity contribution in [3.05, 3.63) is 47.9 Å². The number of benzene rings is 2. The molecule has 1 aliphatic rings. The fourth-order valence-electron chi connectivity index (χ4n) is 4.23. The van der Waals surface area contributed by atoms with Crippen molar-refractivity contribution in [1.82, 2.24) is 4.57 Å². The van der Waals surface area contributed by atoms with Crippen LogP contribution < -0.4 is 15.4 Å². The molecule has 1 aliphatic heterocycles. The summed E-state index contributed by atoms with van der Waals surface area (Å²) in [4.78, 5) is 0.600. The predicted octanol–water partition coefficient (Wildman–Crippen LogP) is 5.14. The van der Waals surface area contributed by atoms with Crippen molar-refractivity contribution in [3.8, 4) is 17.6 Å². The molecule has 0 amide bonds. The summed E-state index contributed by atoms with van der Waals surface area (Å²) in [5.41, 5.74) is 1.28. The van der Waals surface area contributed by atoms with Crippen LogP contribution in [0.5, 0.6) is 5.75 Å². The Labute approximate surface area is 215 Å². The number of hydrogen-bond donors (Lipinski definition) is 2. The molecule has 1 saturated heterocycles. The molecule has 1 fully saturated rings. The van der Waals surface area contributed by atoms with Crippen molar-refractivity contribution in [2.45, 2.75) is 36.5 Å². The van der Waals surface area contributed by atoms with Gasteiger partial charge in [-0.05, 0) is 60.3 Å². The topological polar surface area (TPSA) is 70.5 Å². The molecule has 0 bridgehead atoms. The van der Waals surface area contributed by atoms with Gasteiger partial charge in [-0.15, -0.1) is 0 Å². The van der Waals surface area contributed by atoms with Gasteiger partial charge in [0, 0.05) is 36.4 Å². The standard InChI is InChI=1S/C26H27F4N3O3S/c1-35-25-15-20(37(2)34)5-6-22(25)31-9-3-4-19-14-21-23(32-18-7-10-36-11-8-18)12-17(27)13-24(21)33(19)16-26(28,29)30/h5-6,12-15,18,31-32H,7-11,16H2,1-2H3. The highest BCUT2D eigenvalue weighted by Crippen LogP contribution is 2.32. The zero-order valence-corrected chi connectivity index (χ0v) is 21.2. The third-order valence-corrected chi connectivity index (χ3v) is 6.91. The normalized spacial score (nSPS) is 15.2. The molecule has 6 nitrogen and oxygen atoms in total. The highest BCUT2D eigenvalue weighted by molar-refractivity contribution is 7.90. The highest BCUT2D eigenvalue weighted by Gasteiger charge is 2.30. The van der Waals surface area contributed by atoms with Gasteiger partial charge in [-0.25, -0.2) is 4.39 Å². The molecule has 3 aromatic rings. The van der Waals surface area contributed by atoms with Gasteiger partial charge in [0.1, 0.15) is 24.4 Å². The average Bonchev–Trinajstić information content (AvgIpc) is 3.18. The molecule has 1 atom stereocenters. The number of fused-ring (bicyclic) bond motifs is 1. The maximum atomic E-state index is 14.5. The second-order valence-electron chi connectivity index (χ2n) is 8.62. The maximum Gasteiger partial charge on any atom is 0.406 e. The average molecular weight is 538 g/mol. The van der Waals surface area contributed by atoms with Crippen molar-refractivity contribution in [3.63, 3.8) is 0 Å². The summed E-state index contributed by atoms with van der Waals surface area (Å²) < 4.78 is 78.2. The zero-order chi connectivity index (χ0) is 26.6. The van der Waals surface area contributed by atoms with Crippen molar-refractivity contribution in [1.29, 1.82) is 0 Å². The Morgan fingerprint density at radius 3 is 2.59 bits per heavy atom. The third-order valence-electron chi connectivity index (χ3n) is 5.99. The van der Waals surface area contributed by atoms with Crippen LogP contribution in [0.2, 0.25) is 0 Å². The van der Waals surface area contributed by atoms with Crippen LogP contribution in [0.1, 0.15) is 18.5 Å². The summed E-state index contributed by atoms with van der Waals surface area (Å²) in [6.45, 7) is -0.0466. The minimum atomic E-state index is -4.52. The summed E-state index contributed by atoms with van der Waals surface area (Å²) in [5.74, 6) is 5.49. The number of rotatable bonds is 7. The minimum absolute atomic E-state index is 0.0370. The van der Waals surface area contributed by atoms with Gasteiger partial charge in [-0.2, -0.15) is 13.2 Å². The Balaban J connectivity index is 1.63. The van der Waals surface area contributed by atoms with Crippen molar-refractivity contribution < 1.29 is 31.6 Å². The van der Waals surface area contributed by atoms with Crippen LogP contribution in [0, 0.1) is 17.7 Å². The van der Waals surface area contributed by atoms with Crippen molar-refractivity contribution in [2.24, 2.45) is 0 Å². The van der Waals surface area contributed by atoms with E-state index in [1.54, 1.807) is 30.5 Å². The Bertz CT molecular complexity index is 1310. The van der Waals surface area contributed by atoms with Gasteiger partial charge < -0.3 is 29.2 Å². The van der Waals surface area contributed by atoms with Crippen LogP contribution >= 0.6 is 0 Å². The summed E-state index contributed by atoms with van der Waals surface area (Å²) >= 11 is -1.18. The first-order valence-corrected chi connectivity index (χ1v) is 13.2. The molecular formula is C26H27F4N3O3S. The monoisotopic (exact) mass is 537 g/mol. The van der Waals surface area contributed by atoms with E-state index in [2.05, 4.69) is 22.5 Å². The van der Waals surface area contributed by atoms with Gasteiger partial charge in [-0.1, -0.05) is 5.92 Å². The number of nitrogens with one attached hydrogen (secondary N) is 2. The summed E-state index contributed by atoms with van der Waals surface area (Å²) in [6, 6.07) is 9.04. The summed E-state index contributed by atoms with van der Waals surface area (Å²) in [7, 11) is 1.48.